The van der Waals surface area contributed by atoms with Crippen LogP contribution in [0.4, 0.5) is 11.5 Å². The molecule has 1 aliphatic heterocycles. The zero-order valence-electron chi connectivity index (χ0n) is 13.3. The van der Waals surface area contributed by atoms with Gasteiger partial charge in [-0.25, -0.2) is 9.97 Å². The van der Waals surface area contributed by atoms with Gasteiger partial charge in [0.15, 0.2) is 0 Å². The molecule has 24 heavy (non-hydrogen) atoms. The van der Waals surface area contributed by atoms with Crippen molar-refractivity contribution in [3.63, 3.8) is 0 Å². The van der Waals surface area contributed by atoms with Crippen LogP contribution < -0.4 is 10.2 Å². The molecule has 0 unspecified atom stereocenters. The second kappa shape index (κ2) is 7.06. The molecule has 0 spiro atoms. The number of carbonyl (C=O) groups is 1. The van der Waals surface area contributed by atoms with Gasteiger partial charge < -0.3 is 15.0 Å². The molecule has 0 aliphatic carbocycles. The third-order valence-corrected chi connectivity index (χ3v) is 3.64. The van der Waals surface area contributed by atoms with Crippen LogP contribution in [0.2, 0.25) is 0 Å². The highest BCUT2D eigenvalue weighted by Gasteiger charge is 2.17. The van der Waals surface area contributed by atoms with Crippen LogP contribution in [0.15, 0.2) is 30.3 Å². The molecule has 0 radical (unpaired) electrons. The van der Waals surface area contributed by atoms with Gasteiger partial charge in [0.25, 0.3) is 5.91 Å². The monoisotopic (exact) mass is 323 g/mol. The Morgan fingerprint density at radius 2 is 2.08 bits per heavy atom. The number of ether oxygens (including phenoxy) is 1. The van der Waals surface area contributed by atoms with Gasteiger partial charge in [-0.05, 0) is 25.1 Å². The van der Waals surface area contributed by atoms with Crippen LogP contribution in [0, 0.1) is 18.3 Å². The highest BCUT2D eigenvalue weighted by atomic mass is 16.5. The molecule has 0 saturated carbocycles. The Morgan fingerprint density at radius 3 is 2.83 bits per heavy atom. The lowest BCUT2D eigenvalue weighted by Crippen LogP contribution is -2.37. The van der Waals surface area contributed by atoms with Crippen LogP contribution in [0.3, 0.4) is 0 Å². The predicted molar refractivity (Wildman–Crippen MR) is 88.9 cm³/mol. The van der Waals surface area contributed by atoms with Gasteiger partial charge in [-0.2, -0.15) is 5.26 Å². The summed E-state index contributed by atoms with van der Waals surface area (Å²) in [4.78, 5) is 23.2. The minimum absolute atomic E-state index is 0.298. The fraction of sp³-hybridized carbons (Fsp3) is 0.294. The first-order valence-electron chi connectivity index (χ1n) is 7.65. The van der Waals surface area contributed by atoms with E-state index < -0.39 is 0 Å². The van der Waals surface area contributed by atoms with Gasteiger partial charge in [0.1, 0.15) is 17.3 Å². The Balaban J connectivity index is 1.81. The van der Waals surface area contributed by atoms with E-state index in [0.717, 1.165) is 18.9 Å². The van der Waals surface area contributed by atoms with Crippen LogP contribution in [0.5, 0.6) is 0 Å². The van der Waals surface area contributed by atoms with Crippen LogP contribution >= 0.6 is 0 Å². The van der Waals surface area contributed by atoms with Crippen LogP contribution in [0.25, 0.3) is 0 Å². The maximum atomic E-state index is 12.5. The van der Waals surface area contributed by atoms with E-state index in [1.165, 1.54) is 0 Å². The predicted octanol–water partition coefficient (Wildman–Crippen LogP) is 1.75. The molecule has 1 N–H and O–H groups in total. The fourth-order valence-electron chi connectivity index (χ4n) is 2.48. The summed E-state index contributed by atoms with van der Waals surface area (Å²) in [7, 11) is 0. The summed E-state index contributed by atoms with van der Waals surface area (Å²) in [6.45, 7) is 4.53. The van der Waals surface area contributed by atoms with Crippen LogP contribution in [-0.2, 0) is 4.74 Å². The Hall–Kier alpha value is -2.98. The molecule has 2 aromatic rings. The Bertz CT molecular complexity index is 794. The molecule has 1 aromatic heterocycles. The van der Waals surface area contributed by atoms with E-state index in [-0.39, 0.29) is 5.91 Å². The molecule has 7 nitrogen and oxygen atoms in total. The second-order valence-corrected chi connectivity index (χ2v) is 5.40. The SMILES string of the molecule is Cc1nc(C(=O)Nc2cccc(C#N)c2)cc(N2CCOCC2)n1. The molecule has 1 aromatic carbocycles. The van der Waals surface area contributed by atoms with Crippen LogP contribution in [-0.4, -0.2) is 42.2 Å². The molecule has 0 atom stereocenters. The van der Waals surface area contributed by atoms with Gasteiger partial charge in [-0.1, -0.05) is 6.07 Å². The summed E-state index contributed by atoms with van der Waals surface area (Å²) in [5.41, 5.74) is 1.34. The number of aryl methyl sites for hydroxylation is 1. The van der Waals surface area contributed by atoms with Gasteiger partial charge in [-0.3, -0.25) is 4.79 Å². The largest absolute Gasteiger partial charge is 0.378 e. The first-order chi connectivity index (χ1) is 11.7. The summed E-state index contributed by atoms with van der Waals surface area (Å²) in [6.07, 6.45) is 0. The number of hydrogen-bond acceptors (Lipinski definition) is 6. The average Bonchev–Trinajstić information content (AvgIpc) is 2.62. The summed E-state index contributed by atoms with van der Waals surface area (Å²) in [6, 6.07) is 10.5. The van der Waals surface area contributed by atoms with Crippen molar-refractivity contribution in [1.29, 1.82) is 5.26 Å². The summed E-state index contributed by atoms with van der Waals surface area (Å²) >= 11 is 0. The average molecular weight is 323 g/mol. The number of rotatable bonds is 3. The van der Waals surface area contributed by atoms with E-state index in [2.05, 4.69) is 20.2 Å². The van der Waals surface area contributed by atoms with E-state index in [1.54, 1.807) is 37.3 Å². The zero-order chi connectivity index (χ0) is 16.9. The van der Waals surface area contributed by atoms with Crippen LogP contribution in [0.1, 0.15) is 21.9 Å². The number of benzene rings is 1. The van der Waals surface area contributed by atoms with E-state index in [4.69, 9.17) is 10.00 Å². The molecule has 7 heteroatoms. The fourth-order valence-corrected chi connectivity index (χ4v) is 2.48. The number of anilines is 2. The number of nitrogens with zero attached hydrogens (tertiary/aromatic N) is 4. The minimum Gasteiger partial charge on any atom is -0.378 e. The number of aromatic nitrogens is 2. The van der Waals surface area contributed by atoms with Crippen molar-refractivity contribution in [3.05, 3.63) is 47.4 Å². The van der Waals surface area contributed by atoms with Gasteiger partial charge in [0.05, 0.1) is 24.8 Å². The summed E-state index contributed by atoms with van der Waals surface area (Å²) in [5.74, 6) is 0.932. The van der Waals surface area contributed by atoms with Gasteiger partial charge >= 0.3 is 0 Å². The van der Waals surface area contributed by atoms with Crippen molar-refractivity contribution in [3.8, 4) is 6.07 Å². The summed E-state index contributed by atoms with van der Waals surface area (Å²) < 4.78 is 5.34. The molecule has 1 aliphatic rings. The lowest BCUT2D eigenvalue weighted by molar-refractivity contribution is 0.102. The molecule has 1 fully saturated rings. The topological polar surface area (TPSA) is 91.1 Å². The van der Waals surface area contributed by atoms with Gasteiger partial charge in [-0.15, -0.1) is 0 Å². The maximum absolute atomic E-state index is 12.5. The first kappa shape index (κ1) is 15.9. The van der Waals surface area contributed by atoms with Crippen molar-refractivity contribution in [2.24, 2.45) is 0 Å². The first-order valence-corrected chi connectivity index (χ1v) is 7.65. The molecular weight excluding hydrogens is 306 g/mol. The third kappa shape index (κ3) is 3.67. The number of hydrogen-bond donors (Lipinski definition) is 1. The Kier molecular flexibility index (Phi) is 4.68. The number of carbonyl (C=O) groups excluding carboxylic acids is 1. The Morgan fingerprint density at radius 1 is 1.29 bits per heavy atom. The number of nitrogens with one attached hydrogen (secondary N) is 1. The number of nitriles is 1. The lowest BCUT2D eigenvalue weighted by atomic mass is 10.2. The number of morpholine rings is 1. The summed E-state index contributed by atoms with van der Waals surface area (Å²) in [5, 5.41) is 11.7. The molecule has 1 amide bonds. The van der Waals surface area contributed by atoms with Gasteiger partial charge in [0.2, 0.25) is 0 Å². The molecule has 1 saturated heterocycles. The van der Waals surface area contributed by atoms with Crippen molar-refractivity contribution >= 4 is 17.4 Å². The van der Waals surface area contributed by atoms with E-state index in [1.807, 2.05) is 6.07 Å². The van der Waals surface area contributed by atoms with Crippen molar-refractivity contribution in [2.75, 3.05) is 36.5 Å². The van der Waals surface area contributed by atoms with Crippen molar-refractivity contribution < 1.29 is 9.53 Å². The highest BCUT2D eigenvalue weighted by Crippen LogP contribution is 2.16. The molecule has 122 valence electrons. The lowest BCUT2D eigenvalue weighted by Gasteiger charge is -2.28. The van der Waals surface area contributed by atoms with Gasteiger partial charge in [0, 0.05) is 24.8 Å². The minimum atomic E-state index is -0.329. The second-order valence-electron chi connectivity index (χ2n) is 5.40. The smallest absolute Gasteiger partial charge is 0.274 e. The third-order valence-electron chi connectivity index (χ3n) is 3.64. The Labute approximate surface area is 139 Å². The highest BCUT2D eigenvalue weighted by molar-refractivity contribution is 6.03. The molecule has 0 bridgehead atoms. The molecule has 3 rings (SSSR count). The van der Waals surface area contributed by atoms with E-state index in [9.17, 15) is 4.79 Å². The van der Waals surface area contributed by atoms with E-state index >= 15 is 0 Å². The quantitative estimate of drug-likeness (QED) is 0.925. The van der Waals surface area contributed by atoms with Crippen molar-refractivity contribution in [1.82, 2.24) is 9.97 Å². The van der Waals surface area contributed by atoms with E-state index in [0.29, 0.717) is 36.0 Å². The molecule has 2 heterocycles. The number of amides is 1. The zero-order valence-corrected chi connectivity index (χ0v) is 13.3. The normalized spacial score (nSPS) is 14.1. The molecular formula is C17H17N5O2. The maximum Gasteiger partial charge on any atom is 0.274 e. The van der Waals surface area contributed by atoms with Crippen molar-refractivity contribution in [2.45, 2.75) is 6.92 Å². The standard InChI is InChI=1S/C17H17N5O2/c1-12-19-15(10-16(20-12)22-5-7-24-8-6-22)17(23)21-14-4-2-3-13(9-14)11-18/h2-4,9-10H,5-8H2,1H3,(H,21,23).